The summed E-state index contributed by atoms with van der Waals surface area (Å²) in [7, 11) is 2.87. The van der Waals surface area contributed by atoms with Crippen LogP contribution >= 0.6 is 11.6 Å². The van der Waals surface area contributed by atoms with Crippen LogP contribution in [0, 0.1) is 0 Å². The Morgan fingerprint density at radius 1 is 1.07 bits per heavy atom. The molecule has 7 nitrogen and oxygen atoms in total. The number of carbonyl (C=O) groups is 1. The molecule has 0 atom stereocenters. The van der Waals surface area contributed by atoms with E-state index in [0.717, 1.165) is 74.9 Å². The lowest BCUT2D eigenvalue weighted by Crippen LogP contribution is -2.60. The molecule has 232 valence electrons. The first kappa shape index (κ1) is 31.5. The highest BCUT2D eigenvalue weighted by atomic mass is 35.5. The Labute approximate surface area is 254 Å². The monoisotopic (exact) mass is 620 g/mol. The number of nitrogens with zero attached hydrogens (tertiary/aromatic N) is 2. The van der Waals surface area contributed by atoms with Crippen molar-refractivity contribution in [3.8, 4) is 17.0 Å². The molecule has 2 fully saturated rings. The maximum Gasteiger partial charge on any atom is 0.416 e. The van der Waals surface area contributed by atoms with Gasteiger partial charge < -0.3 is 24.0 Å². The van der Waals surface area contributed by atoms with Gasteiger partial charge in [0.1, 0.15) is 18.9 Å². The Kier molecular flexibility index (Phi) is 9.80. The maximum atomic E-state index is 13.9. The van der Waals surface area contributed by atoms with Gasteiger partial charge in [-0.2, -0.15) is 13.2 Å². The summed E-state index contributed by atoms with van der Waals surface area (Å²) in [6.45, 7) is 4.70. The number of fused-ring (bicyclic) bond motifs is 1. The Morgan fingerprint density at radius 3 is 2.49 bits per heavy atom. The number of alkyl halides is 3. The highest BCUT2D eigenvalue weighted by Crippen LogP contribution is 2.41. The van der Waals surface area contributed by atoms with Crippen molar-refractivity contribution in [3.05, 3.63) is 58.1 Å². The zero-order chi connectivity index (χ0) is 30.6. The van der Waals surface area contributed by atoms with Crippen LogP contribution in [0.15, 0.2) is 36.4 Å². The van der Waals surface area contributed by atoms with E-state index in [4.69, 9.17) is 30.8 Å². The van der Waals surface area contributed by atoms with Gasteiger partial charge in [-0.25, -0.2) is 9.78 Å². The van der Waals surface area contributed by atoms with Gasteiger partial charge in [-0.05, 0) is 37.5 Å². The van der Waals surface area contributed by atoms with Crippen LogP contribution in [0.4, 0.5) is 13.2 Å². The maximum absolute atomic E-state index is 13.9. The Morgan fingerprint density at radius 2 is 1.81 bits per heavy atom. The lowest BCUT2D eigenvalue weighted by Gasteiger charge is -2.49. The summed E-state index contributed by atoms with van der Waals surface area (Å²) in [6, 6.07) is 8.77. The second kappa shape index (κ2) is 13.4. The Bertz CT molecular complexity index is 1450. The summed E-state index contributed by atoms with van der Waals surface area (Å²) < 4.78 is 58.6. The molecule has 3 aromatic rings. The summed E-state index contributed by atoms with van der Waals surface area (Å²) in [6.07, 6.45) is 0.663. The lowest BCUT2D eigenvalue weighted by molar-refractivity contribution is -0.968. The van der Waals surface area contributed by atoms with E-state index in [-0.39, 0.29) is 22.8 Å². The predicted octanol–water partition coefficient (Wildman–Crippen LogP) is 6.64. The number of aromatic nitrogens is 1. The van der Waals surface area contributed by atoms with E-state index >= 15 is 0 Å². The number of hydrogen-bond acceptors (Lipinski definition) is 6. The highest BCUT2D eigenvalue weighted by Gasteiger charge is 2.41. The number of likely N-dealkylation sites (tertiary alicyclic amines) is 1. The normalized spacial score (nSPS) is 17.6. The van der Waals surface area contributed by atoms with E-state index in [9.17, 15) is 18.0 Å². The van der Waals surface area contributed by atoms with E-state index < -0.39 is 17.7 Å². The molecule has 0 radical (unpaired) electrons. The molecule has 3 heterocycles. The van der Waals surface area contributed by atoms with Gasteiger partial charge in [0.25, 0.3) is 0 Å². The molecule has 0 saturated carbocycles. The second-order valence-electron chi connectivity index (χ2n) is 11.4. The summed E-state index contributed by atoms with van der Waals surface area (Å²) in [5.41, 5.74) is 1.08. The number of esters is 1. The number of quaternary nitrogens is 1. The average Bonchev–Trinajstić information content (AvgIpc) is 3.01. The van der Waals surface area contributed by atoms with Crippen LogP contribution in [-0.4, -0.2) is 75.1 Å². The fraction of sp³-hybridized carbons (Fsp3) is 0.500. The van der Waals surface area contributed by atoms with Gasteiger partial charge in [-0.3, -0.25) is 0 Å². The first-order valence-electron chi connectivity index (χ1n) is 14.8. The third-order valence-corrected chi connectivity index (χ3v) is 9.10. The van der Waals surface area contributed by atoms with Gasteiger partial charge in [-0.1, -0.05) is 23.7 Å². The quantitative estimate of drug-likeness (QED) is 0.164. The molecule has 11 heteroatoms. The van der Waals surface area contributed by atoms with E-state index in [1.54, 1.807) is 25.3 Å². The third-order valence-electron chi connectivity index (χ3n) is 8.80. The summed E-state index contributed by atoms with van der Waals surface area (Å²) in [4.78, 5) is 18.6. The van der Waals surface area contributed by atoms with Gasteiger partial charge >= 0.3 is 12.1 Å². The average molecular weight is 621 g/mol. The summed E-state index contributed by atoms with van der Waals surface area (Å²) in [5, 5.41) is 4.21. The largest absolute Gasteiger partial charge is 0.490 e. The van der Waals surface area contributed by atoms with Gasteiger partial charge in [0.15, 0.2) is 0 Å². The van der Waals surface area contributed by atoms with Crippen LogP contribution in [0.3, 0.4) is 0 Å². The number of rotatable bonds is 9. The Hall–Kier alpha value is -2.92. The summed E-state index contributed by atoms with van der Waals surface area (Å²) >= 11 is 6.64. The lowest BCUT2D eigenvalue weighted by atomic mass is 9.90. The highest BCUT2D eigenvalue weighted by molar-refractivity contribution is 6.33. The fourth-order valence-corrected chi connectivity index (χ4v) is 6.90. The standard InChI is InChI=1S/C32H38ClF3N3O4/c1-41-15-16-43-28-19-27-24(18-26(28)33)29(31(40)42-2)25(30(38-27)21-7-6-8-22(17-21)32(34,35)36)20-39(13-4-3-5-14-39)23-9-11-37-12-10-23/h6-8,17-19,23,37H,3-5,9-16,20H2,1-2H3/q+1. The van der Waals surface area contributed by atoms with Crippen LogP contribution in [0.5, 0.6) is 5.75 Å². The minimum atomic E-state index is -4.54. The SMILES string of the molecule is COCCOc1cc2nc(-c3cccc(C(F)(F)F)c3)c(C[N+]3(C4CCNCC4)CCCCC3)c(C(=O)OC)c2cc1Cl. The zero-order valence-electron chi connectivity index (χ0n) is 24.6. The molecule has 0 aliphatic carbocycles. The molecule has 2 aromatic carbocycles. The van der Waals surface area contributed by atoms with Gasteiger partial charge in [0, 0.05) is 55.6 Å². The van der Waals surface area contributed by atoms with Gasteiger partial charge in [0.2, 0.25) is 0 Å². The van der Waals surface area contributed by atoms with E-state index in [2.05, 4.69) is 5.32 Å². The first-order valence-corrected chi connectivity index (χ1v) is 15.1. The van der Waals surface area contributed by atoms with Crippen LogP contribution in [0.2, 0.25) is 5.02 Å². The second-order valence-corrected chi connectivity index (χ2v) is 11.8. The molecule has 1 N–H and O–H groups in total. The van der Waals surface area contributed by atoms with Gasteiger partial charge in [-0.15, -0.1) is 0 Å². The van der Waals surface area contributed by atoms with E-state index in [0.29, 0.717) is 47.1 Å². The van der Waals surface area contributed by atoms with Crippen molar-refractivity contribution in [1.29, 1.82) is 0 Å². The van der Waals surface area contributed by atoms with E-state index in [1.807, 2.05) is 0 Å². The van der Waals surface area contributed by atoms with E-state index in [1.165, 1.54) is 13.2 Å². The van der Waals surface area contributed by atoms with Crippen molar-refractivity contribution in [2.45, 2.75) is 50.9 Å². The van der Waals surface area contributed by atoms with Crippen LogP contribution < -0.4 is 10.1 Å². The Balaban J connectivity index is 1.77. The molecular weight excluding hydrogens is 583 g/mol. The minimum absolute atomic E-state index is 0.237. The number of piperidine rings is 2. The number of ether oxygens (including phenoxy) is 3. The molecule has 0 unspecified atom stereocenters. The molecular formula is C32H38ClF3N3O4+. The number of carbonyl (C=O) groups excluding carboxylic acids is 1. The number of halogens is 4. The predicted molar refractivity (Wildman–Crippen MR) is 159 cm³/mol. The van der Waals surface area contributed by atoms with Gasteiger partial charge in [0.05, 0.1) is 60.2 Å². The number of nitrogens with one attached hydrogen (secondary N) is 1. The topological polar surface area (TPSA) is 69.7 Å². The van der Waals surface area contributed by atoms with Crippen molar-refractivity contribution < 1.29 is 36.7 Å². The van der Waals surface area contributed by atoms with Crippen LogP contribution in [0.1, 0.15) is 53.6 Å². The van der Waals surface area contributed by atoms with Crippen molar-refractivity contribution >= 4 is 28.5 Å². The summed E-state index contributed by atoms with van der Waals surface area (Å²) in [5.74, 6) is -0.244. The molecule has 5 rings (SSSR count). The zero-order valence-corrected chi connectivity index (χ0v) is 25.3. The molecule has 2 aliphatic heterocycles. The molecule has 43 heavy (non-hydrogen) atoms. The van der Waals surface area contributed by atoms with Crippen LogP contribution in [0.25, 0.3) is 22.2 Å². The fourth-order valence-electron chi connectivity index (χ4n) is 6.68. The number of benzene rings is 2. The molecule has 0 bridgehead atoms. The molecule has 2 aliphatic rings. The number of methoxy groups -OCH3 is 2. The van der Waals surface area contributed by atoms with Crippen molar-refractivity contribution in [2.24, 2.45) is 0 Å². The first-order chi connectivity index (χ1) is 20.7. The number of hydrogen-bond donors (Lipinski definition) is 1. The smallest absolute Gasteiger partial charge is 0.416 e. The number of pyridine rings is 1. The molecule has 2 saturated heterocycles. The van der Waals surface area contributed by atoms with Crippen molar-refractivity contribution in [3.63, 3.8) is 0 Å². The minimum Gasteiger partial charge on any atom is -0.490 e. The molecule has 0 spiro atoms. The molecule has 1 aromatic heterocycles. The van der Waals surface area contributed by atoms with Crippen LogP contribution in [-0.2, 0) is 22.2 Å². The van der Waals surface area contributed by atoms with Crippen molar-refractivity contribution in [2.75, 3.05) is 53.6 Å². The molecule has 0 amide bonds. The third kappa shape index (κ3) is 6.77. The van der Waals surface area contributed by atoms with Crippen molar-refractivity contribution in [1.82, 2.24) is 10.3 Å².